The van der Waals surface area contributed by atoms with E-state index in [9.17, 15) is 0 Å². The van der Waals surface area contributed by atoms with Gasteiger partial charge < -0.3 is 9.47 Å². The molecule has 2 aliphatic carbocycles. The minimum Gasteiger partial charge on any atom is -0.359 e. The van der Waals surface area contributed by atoms with Crippen LogP contribution in [-0.4, -0.2) is 20.0 Å². The van der Waals surface area contributed by atoms with Crippen molar-refractivity contribution in [1.82, 2.24) is 0 Å². The molecule has 0 amide bonds. The molecule has 0 bridgehead atoms. The monoisotopic (exact) mass is 318 g/mol. The van der Waals surface area contributed by atoms with E-state index in [0.29, 0.717) is 24.2 Å². The molecule has 2 aliphatic rings. The van der Waals surface area contributed by atoms with Gasteiger partial charge in [-0.15, -0.1) is 0 Å². The average molecular weight is 319 g/mol. The maximum Gasteiger partial charge on any atom is 0.146 e. The molecule has 23 heavy (non-hydrogen) atoms. The smallest absolute Gasteiger partial charge is 0.146 e. The third kappa shape index (κ3) is 3.97. The Bertz CT molecular complexity index is 439. The summed E-state index contributed by atoms with van der Waals surface area (Å²) >= 11 is 0. The van der Waals surface area contributed by atoms with Crippen LogP contribution < -0.4 is 0 Å². The first-order valence-corrected chi connectivity index (χ1v) is 9.08. The molecule has 2 heteroatoms. The van der Waals surface area contributed by atoms with Crippen LogP contribution >= 0.6 is 0 Å². The summed E-state index contributed by atoms with van der Waals surface area (Å²) in [7, 11) is 1.71. The van der Waals surface area contributed by atoms with Gasteiger partial charge >= 0.3 is 0 Å². The number of rotatable bonds is 8. The van der Waals surface area contributed by atoms with E-state index in [-0.39, 0.29) is 0 Å². The third-order valence-corrected chi connectivity index (χ3v) is 6.31. The van der Waals surface area contributed by atoms with E-state index in [1.54, 1.807) is 7.11 Å². The Morgan fingerprint density at radius 1 is 1.30 bits per heavy atom. The van der Waals surface area contributed by atoms with E-state index in [1.807, 2.05) is 6.08 Å². The van der Waals surface area contributed by atoms with Gasteiger partial charge in [-0.1, -0.05) is 43.9 Å². The number of hydrogen-bond donors (Lipinski definition) is 0. The first-order chi connectivity index (χ1) is 11.0. The second-order valence-electron chi connectivity index (χ2n) is 7.65. The second kappa shape index (κ2) is 8.30. The Morgan fingerprint density at radius 3 is 2.74 bits per heavy atom. The molecule has 0 aromatic heterocycles. The van der Waals surface area contributed by atoms with Crippen molar-refractivity contribution >= 4 is 0 Å². The van der Waals surface area contributed by atoms with Crippen LogP contribution in [-0.2, 0) is 9.47 Å². The van der Waals surface area contributed by atoms with E-state index in [2.05, 4.69) is 39.2 Å². The fourth-order valence-electron chi connectivity index (χ4n) is 5.16. The normalized spacial score (nSPS) is 37.0. The first-order valence-electron chi connectivity index (χ1n) is 9.08. The summed E-state index contributed by atoms with van der Waals surface area (Å²) in [4.78, 5) is 0. The summed E-state index contributed by atoms with van der Waals surface area (Å²) in [5, 5.41) is 0. The quantitative estimate of drug-likeness (QED) is 0.333. The highest BCUT2D eigenvalue weighted by Crippen LogP contribution is 2.59. The lowest BCUT2D eigenvalue weighted by Gasteiger charge is -2.49. The van der Waals surface area contributed by atoms with E-state index in [4.69, 9.17) is 9.47 Å². The molecule has 0 N–H and O–H groups in total. The van der Waals surface area contributed by atoms with E-state index in [1.165, 1.54) is 37.7 Å². The minimum absolute atomic E-state index is 0.303. The number of hydrogen-bond acceptors (Lipinski definition) is 2. The predicted octanol–water partition coefficient (Wildman–Crippen LogP) is 5.52. The molecular formula is C21H34O2. The SMILES string of the molecule is C=C/C=C/CC[C@@H]1[C@@H](C(=C)C)CC[C@]2(C)[C@@H](OCOC)CC[C@@H]12. The summed E-state index contributed by atoms with van der Waals surface area (Å²) < 4.78 is 11.2. The topological polar surface area (TPSA) is 18.5 Å². The van der Waals surface area contributed by atoms with Crippen LogP contribution in [0.1, 0.15) is 52.4 Å². The van der Waals surface area contributed by atoms with Gasteiger partial charge in [-0.05, 0) is 68.6 Å². The third-order valence-electron chi connectivity index (χ3n) is 6.31. The molecule has 0 heterocycles. The maximum atomic E-state index is 6.04. The molecule has 2 fully saturated rings. The maximum absolute atomic E-state index is 6.04. The van der Waals surface area contributed by atoms with Crippen molar-refractivity contribution < 1.29 is 9.47 Å². The van der Waals surface area contributed by atoms with E-state index in [0.717, 1.165) is 18.3 Å². The van der Waals surface area contributed by atoms with Crippen molar-refractivity contribution in [3.05, 3.63) is 37.0 Å². The summed E-state index contributed by atoms with van der Waals surface area (Å²) in [6.07, 6.45) is 13.9. The van der Waals surface area contributed by atoms with Crippen LogP contribution in [0.25, 0.3) is 0 Å². The van der Waals surface area contributed by atoms with Crippen LogP contribution in [0.2, 0.25) is 0 Å². The zero-order chi connectivity index (χ0) is 16.9. The zero-order valence-electron chi connectivity index (χ0n) is 15.2. The van der Waals surface area contributed by atoms with Gasteiger partial charge in [-0.2, -0.15) is 0 Å². The lowest BCUT2D eigenvalue weighted by molar-refractivity contribution is -0.126. The largest absolute Gasteiger partial charge is 0.359 e. The Morgan fingerprint density at radius 2 is 2.09 bits per heavy atom. The summed E-state index contributed by atoms with van der Waals surface area (Å²) in [5.41, 5.74) is 1.67. The van der Waals surface area contributed by atoms with Gasteiger partial charge in [-0.25, -0.2) is 0 Å². The average Bonchev–Trinajstić information content (AvgIpc) is 2.85. The Kier molecular flexibility index (Phi) is 6.67. The summed E-state index contributed by atoms with van der Waals surface area (Å²) in [6, 6.07) is 0. The second-order valence-corrected chi connectivity index (χ2v) is 7.65. The van der Waals surface area contributed by atoms with Crippen molar-refractivity contribution in [3.63, 3.8) is 0 Å². The lowest BCUT2D eigenvalue weighted by atomic mass is 9.57. The molecule has 5 atom stereocenters. The van der Waals surface area contributed by atoms with Crippen molar-refractivity contribution in [3.8, 4) is 0 Å². The lowest BCUT2D eigenvalue weighted by Crippen LogP contribution is -2.44. The fraction of sp³-hybridized carbons (Fsp3) is 0.714. The van der Waals surface area contributed by atoms with Crippen LogP contribution in [0.3, 0.4) is 0 Å². The molecule has 0 saturated heterocycles. The number of methoxy groups -OCH3 is 1. The molecule has 0 aromatic rings. The van der Waals surface area contributed by atoms with Gasteiger partial charge in [0.15, 0.2) is 0 Å². The molecule has 2 rings (SSSR count). The number of allylic oxidation sites excluding steroid dienone is 4. The van der Waals surface area contributed by atoms with Crippen LogP contribution in [0.5, 0.6) is 0 Å². The van der Waals surface area contributed by atoms with Gasteiger partial charge in [0.25, 0.3) is 0 Å². The predicted molar refractivity (Wildman–Crippen MR) is 97.2 cm³/mol. The van der Waals surface area contributed by atoms with Crippen molar-refractivity contribution in [2.24, 2.45) is 23.2 Å². The molecule has 0 unspecified atom stereocenters. The van der Waals surface area contributed by atoms with Crippen LogP contribution in [0.15, 0.2) is 37.0 Å². The molecule has 0 aromatic carbocycles. The Hall–Kier alpha value is -0.860. The molecule has 2 saturated carbocycles. The molecule has 2 nitrogen and oxygen atoms in total. The molecule has 0 radical (unpaired) electrons. The number of fused-ring (bicyclic) bond motifs is 1. The Balaban J connectivity index is 2.12. The standard InChI is InChI=1S/C21H34O2/c1-6-7-8-9-10-18-17(16(2)3)13-14-21(4)19(18)11-12-20(21)23-15-22-5/h6-8,17-20H,1-2,9-15H2,3-5H3/b8-7+/t17-,18-,19+,20+,21+/m1/s1. The van der Waals surface area contributed by atoms with Gasteiger partial charge in [0.1, 0.15) is 6.79 Å². The highest BCUT2D eigenvalue weighted by Gasteiger charge is 2.54. The van der Waals surface area contributed by atoms with Gasteiger partial charge in [0.2, 0.25) is 0 Å². The molecule has 0 spiro atoms. The highest BCUT2D eigenvalue weighted by molar-refractivity contribution is 5.10. The van der Waals surface area contributed by atoms with E-state index < -0.39 is 0 Å². The van der Waals surface area contributed by atoms with Crippen molar-refractivity contribution in [2.75, 3.05) is 13.9 Å². The first kappa shape index (κ1) is 18.5. The molecule has 0 aliphatic heterocycles. The van der Waals surface area contributed by atoms with Crippen molar-refractivity contribution in [2.45, 2.75) is 58.5 Å². The summed E-state index contributed by atoms with van der Waals surface area (Å²) in [6.45, 7) is 13.1. The Labute approximate surface area is 142 Å². The van der Waals surface area contributed by atoms with Crippen LogP contribution in [0.4, 0.5) is 0 Å². The molecule has 130 valence electrons. The highest BCUT2D eigenvalue weighted by atomic mass is 16.7. The van der Waals surface area contributed by atoms with Crippen LogP contribution in [0, 0.1) is 23.2 Å². The fourth-order valence-corrected chi connectivity index (χ4v) is 5.16. The number of ether oxygens (including phenoxy) is 2. The van der Waals surface area contributed by atoms with Gasteiger partial charge in [-0.3, -0.25) is 0 Å². The van der Waals surface area contributed by atoms with Crippen molar-refractivity contribution in [1.29, 1.82) is 0 Å². The van der Waals surface area contributed by atoms with Gasteiger partial charge in [0.05, 0.1) is 6.10 Å². The summed E-state index contributed by atoms with van der Waals surface area (Å²) in [5.74, 6) is 2.15. The molecular weight excluding hydrogens is 284 g/mol. The zero-order valence-corrected chi connectivity index (χ0v) is 15.2. The van der Waals surface area contributed by atoms with Gasteiger partial charge in [0, 0.05) is 7.11 Å². The minimum atomic E-state index is 0.303. The van der Waals surface area contributed by atoms with E-state index >= 15 is 0 Å².